The van der Waals surface area contributed by atoms with Gasteiger partial charge >= 0.3 is 0 Å². The summed E-state index contributed by atoms with van der Waals surface area (Å²) in [5.74, 6) is 0.229. The summed E-state index contributed by atoms with van der Waals surface area (Å²) < 4.78 is 26.3. The van der Waals surface area contributed by atoms with Gasteiger partial charge < -0.3 is 5.11 Å². The molecule has 0 aliphatic heterocycles. The first-order chi connectivity index (χ1) is 10.6. The fraction of sp³-hybridized carbons (Fsp3) is 0.647. The van der Waals surface area contributed by atoms with E-state index in [0.29, 0.717) is 13.0 Å². The van der Waals surface area contributed by atoms with Crippen molar-refractivity contribution in [2.45, 2.75) is 51.9 Å². The van der Waals surface area contributed by atoms with Gasteiger partial charge in [-0.2, -0.15) is 0 Å². The maximum Gasteiger partial charge on any atom is 0.211 e. The molecule has 1 rings (SSSR count). The van der Waals surface area contributed by atoms with Gasteiger partial charge in [-0.15, -0.1) is 0 Å². The summed E-state index contributed by atoms with van der Waals surface area (Å²) in [6, 6.07) is 8.15. The summed E-state index contributed by atoms with van der Waals surface area (Å²) in [5, 5.41) is 8.80. The lowest BCUT2D eigenvalue weighted by atomic mass is 10.1. The van der Waals surface area contributed by atoms with E-state index in [0.717, 1.165) is 44.1 Å². The molecule has 0 aromatic heterocycles. The molecule has 126 valence electrons. The van der Waals surface area contributed by atoms with Crippen molar-refractivity contribution in [3.63, 3.8) is 0 Å². The van der Waals surface area contributed by atoms with Gasteiger partial charge in [-0.3, -0.25) is 0 Å². The number of sulfonamides is 1. The number of unbranched alkanes of at least 4 members (excludes halogenated alkanes) is 3. The van der Waals surface area contributed by atoms with Crippen LogP contribution in [-0.4, -0.2) is 32.4 Å². The van der Waals surface area contributed by atoms with Crippen molar-refractivity contribution in [2.24, 2.45) is 0 Å². The van der Waals surface area contributed by atoms with E-state index >= 15 is 0 Å². The standard InChI is InChI=1S/C17H29NO3S/c1-2-3-4-5-15-22(20,21)18-13-12-17-10-8-16(9-11-17)7-6-14-19/h8-11,18-19H,2-7,12-15H2,1H3. The van der Waals surface area contributed by atoms with E-state index < -0.39 is 10.0 Å². The molecule has 0 unspecified atom stereocenters. The Kier molecular flexibility index (Phi) is 9.36. The average Bonchev–Trinajstić information content (AvgIpc) is 2.51. The minimum absolute atomic E-state index is 0.210. The van der Waals surface area contributed by atoms with Crippen LogP contribution in [0, 0.1) is 0 Å². The quantitative estimate of drug-likeness (QED) is 0.580. The van der Waals surface area contributed by atoms with E-state index in [9.17, 15) is 8.42 Å². The highest BCUT2D eigenvalue weighted by Gasteiger charge is 2.08. The fourth-order valence-corrected chi connectivity index (χ4v) is 3.44. The number of aliphatic hydroxyl groups is 1. The van der Waals surface area contributed by atoms with Crippen molar-refractivity contribution < 1.29 is 13.5 Å². The average molecular weight is 327 g/mol. The van der Waals surface area contributed by atoms with Crippen molar-refractivity contribution >= 4 is 10.0 Å². The smallest absolute Gasteiger partial charge is 0.211 e. The van der Waals surface area contributed by atoms with Crippen molar-refractivity contribution in [3.05, 3.63) is 35.4 Å². The SMILES string of the molecule is CCCCCCS(=O)(=O)NCCc1ccc(CCCO)cc1. The summed E-state index contributed by atoms with van der Waals surface area (Å²) >= 11 is 0. The minimum Gasteiger partial charge on any atom is -0.396 e. The molecule has 2 N–H and O–H groups in total. The van der Waals surface area contributed by atoms with E-state index in [1.165, 1.54) is 5.56 Å². The molecule has 0 amide bonds. The Labute approximate surface area is 135 Å². The van der Waals surface area contributed by atoms with Gasteiger partial charge in [0, 0.05) is 13.2 Å². The van der Waals surface area contributed by atoms with Crippen molar-refractivity contribution in [3.8, 4) is 0 Å². The molecule has 0 atom stereocenters. The van der Waals surface area contributed by atoms with Gasteiger partial charge in [0.1, 0.15) is 0 Å². The molecule has 1 aromatic rings. The molecule has 0 aliphatic rings. The largest absolute Gasteiger partial charge is 0.396 e. The highest BCUT2D eigenvalue weighted by molar-refractivity contribution is 7.89. The molecule has 0 spiro atoms. The lowest BCUT2D eigenvalue weighted by Crippen LogP contribution is -2.28. The Balaban J connectivity index is 2.27. The summed E-state index contributed by atoms with van der Waals surface area (Å²) in [4.78, 5) is 0. The fourth-order valence-electron chi connectivity index (χ4n) is 2.30. The number of hydrogen-bond donors (Lipinski definition) is 2. The third-order valence-corrected chi connectivity index (χ3v) is 5.12. The molecule has 5 heteroatoms. The Morgan fingerprint density at radius 3 is 2.18 bits per heavy atom. The number of aliphatic hydroxyl groups excluding tert-OH is 1. The van der Waals surface area contributed by atoms with E-state index in [1.54, 1.807) is 0 Å². The molecule has 0 heterocycles. The lowest BCUT2D eigenvalue weighted by molar-refractivity contribution is 0.288. The monoisotopic (exact) mass is 327 g/mol. The van der Waals surface area contributed by atoms with Crippen LogP contribution in [0.2, 0.25) is 0 Å². The Bertz CT molecular complexity index is 497. The highest BCUT2D eigenvalue weighted by Crippen LogP contribution is 2.07. The zero-order chi connectivity index (χ0) is 16.3. The number of hydrogen-bond acceptors (Lipinski definition) is 3. The lowest BCUT2D eigenvalue weighted by Gasteiger charge is -2.07. The van der Waals surface area contributed by atoms with Crippen LogP contribution < -0.4 is 4.72 Å². The van der Waals surface area contributed by atoms with E-state index in [4.69, 9.17) is 5.11 Å². The van der Waals surface area contributed by atoms with Gasteiger partial charge in [-0.25, -0.2) is 13.1 Å². The number of nitrogens with one attached hydrogen (secondary N) is 1. The molecule has 22 heavy (non-hydrogen) atoms. The second kappa shape index (κ2) is 10.8. The van der Waals surface area contributed by atoms with E-state index in [2.05, 4.69) is 11.6 Å². The van der Waals surface area contributed by atoms with Crippen molar-refractivity contribution in [2.75, 3.05) is 18.9 Å². The molecule has 1 aromatic carbocycles. The van der Waals surface area contributed by atoms with Crippen LogP contribution in [0.4, 0.5) is 0 Å². The molecule has 0 aliphatic carbocycles. The second-order valence-corrected chi connectivity index (χ2v) is 7.59. The van der Waals surface area contributed by atoms with Gasteiger partial charge in [0.25, 0.3) is 0 Å². The topological polar surface area (TPSA) is 66.4 Å². The maximum atomic E-state index is 11.8. The van der Waals surface area contributed by atoms with Crippen LogP contribution in [0.5, 0.6) is 0 Å². The zero-order valence-corrected chi connectivity index (χ0v) is 14.4. The van der Waals surface area contributed by atoms with Gasteiger partial charge in [0.2, 0.25) is 10.0 Å². The van der Waals surface area contributed by atoms with Crippen LogP contribution in [0.25, 0.3) is 0 Å². The molecule has 0 radical (unpaired) electrons. The van der Waals surface area contributed by atoms with Gasteiger partial charge in [0.15, 0.2) is 0 Å². The molecule has 0 bridgehead atoms. The minimum atomic E-state index is -3.13. The van der Waals surface area contributed by atoms with Gasteiger partial charge in [-0.1, -0.05) is 50.5 Å². The third kappa shape index (κ3) is 8.51. The summed E-state index contributed by atoms with van der Waals surface area (Å²) in [5.41, 5.74) is 2.33. The van der Waals surface area contributed by atoms with Crippen LogP contribution in [0.1, 0.15) is 50.2 Å². The van der Waals surface area contributed by atoms with Crippen LogP contribution in [0.15, 0.2) is 24.3 Å². The maximum absolute atomic E-state index is 11.8. The Morgan fingerprint density at radius 1 is 0.955 bits per heavy atom. The number of benzene rings is 1. The van der Waals surface area contributed by atoms with Crippen molar-refractivity contribution in [1.29, 1.82) is 0 Å². The van der Waals surface area contributed by atoms with Crippen molar-refractivity contribution in [1.82, 2.24) is 4.72 Å². The molecular formula is C17H29NO3S. The first kappa shape index (κ1) is 19.1. The molecule has 0 fully saturated rings. The van der Waals surface area contributed by atoms with Crippen LogP contribution in [0.3, 0.4) is 0 Å². The molecule has 0 saturated carbocycles. The Hall–Kier alpha value is -0.910. The zero-order valence-electron chi connectivity index (χ0n) is 13.6. The predicted octanol–water partition coefficient (Wildman–Crippen LogP) is 2.65. The molecule has 0 saturated heterocycles. The first-order valence-electron chi connectivity index (χ1n) is 8.23. The van der Waals surface area contributed by atoms with E-state index in [1.807, 2.05) is 24.3 Å². The summed E-state index contributed by atoms with van der Waals surface area (Å²) in [7, 11) is -3.13. The van der Waals surface area contributed by atoms with Crippen LogP contribution in [-0.2, 0) is 22.9 Å². The molecular weight excluding hydrogens is 298 g/mol. The van der Waals surface area contributed by atoms with Gasteiger partial charge in [-0.05, 0) is 36.8 Å². The van der Waals surface area contributed by atoms with Gasteiger partial charge in [0.05, 0.1) is 5.75 Å². The summed E-state index contributed by atoms with van der Waals surface area (Å²) in [6.45, 7) is 2.77. The van der Waals surface area contributed by atoms with Crippen LogP contribution >= 0.6 is 0 Å². The number of aryl methyl sites for hydroxylation is 1. The predicted molar refractivity (Wildman–Crippen MR) is 91.5 cm³/mol. The van der Waals surface area contributed by atoms with E-state index in [-0.39, 0.29) is 12.4 Å². The normalized spacial score (nSPS) is 11.7. The first-order valence-corrected chi connectivity index (χ1v) is 9.88. The second-order valence-electron chi connectivity index (χ2n) is 5.67. The Morgan fingerprint density at radius 2 is 1.59 bits per heavy atom. The third-order valence-electron chi connectivity index (χ3n) is 3.65. The summed E-state index contributed by atoms with van der Waals surface area (Å²) in [6.07, 6.45) is 6.28. The number of rotatable bonds is 12. The molecule has 4 nitrogen and oxygen atoms in total. The highest BCUT2D eigenvalue weighted by atomic mass is 32.2.